The van der Waals surface area contributed by atoms with Crippen molar-refractivity contribution in [2.45, 2.75) is 38.5 Å². The number of benzene rings is 2. The van der Waals surface area contributed by atoms with Gasteiger partial charge in [-0.25, -0.2) is 0 Å². The summed E-state index contributed by atoms with van der Waals surface area (Å²) in [4.78, 5) is 25.8. The van der Waals surface area contributed by atoms with Crippen molar-refractivity contribution < 1.29 is 9.59 Å². The van der Waals surface area contributed by atoms with Gasteiger partial charge in [0.05, 0.1) is 16.0 Å². The summed E-state index contributed by atoms with van der Waals surface area (Å²) < 4.78 is 0. The van der Waals surface area contributed by atoms with Crippen LogP contribution in [-0.4, -0.2) is 11.8 Å². The summed E-state index contributed by atoms with van der Waals surface area (Å²) in [5.41, 5.74) is 1.60. The highest BCUT2D eigenvalue weighted by molar-refractivity contribution is 6.34. The highest BCUT2D eigenvalue weighted by atomic mass is 35.5. The molecule has 0 heterocycles. The van der Waals surface area contributed by atoms with Crippen LogP contribution < -0.4 is 10.6 Å². The van der Waals surface area contributed by atoms with Gasteiger partial charge in [-0.2, -0.15) is 0 Å². The molecule has 2 amide bonds. The summed E-state index contributed by atoms with van der Waals surface area (Å²) in [5, 5.41) is 6.43. The van der Waals surface area contributed by atoms with E-state index in [1.165, 1.54) is 19.3 Å². The van der Waals surface area contributed by atoms with Crippen molar-refractivity contribution >= 4 is 34.8 Å². The second-order valence-corrected chi connectivity index (χ2v) is 9.57. The molecule has 0 saturated heterocycles. The van der Waals surface area contributed by atoms with E-state index in [0.29, 0.717) is 16.3 Å². The minimum absolute atomic E-state index is 0.159. The minimum atomic E-state index is -0.264. The Morgan fingerprint density at radius 1 is 0.828 bits per heavy atom. The topological polar surface area (TPSA) is 58.2 Å². The van der Waals surface area contributed by atoms with E-state index in [1.807, 2.05) is 24.3 Å². The fourth-order valence-corrected chi connectivity index (χ4v) is 6.39. The van der Waals surface area contributed by atoms with Crippen molar-refractivity contribution in [3.63, 3.8) is 0 Å². The molecule has 150 valence electrons. The third-order valence-corrected chi connectivity index (χ3v) is 7.35. The van der Waals surface area contributed by atoms with E-state index in [0.717, 1.165) is 42.7 Å². The van der Waals surface area contributed by atoms with Crippen LogP contribution in [0.2, 0.25) is 5.02 Å². The molecule has 4 aliphatic carbocycles. The Hall–Kier alpha value is -2.33. The summed E-state index contributed by atoms with van der Waals surface area (Å²) in [7, 11) is 0. The van der Waals surface area contributed by atoms with E-state index in [4.69, 9.17) is 11.6 Å². The maximum absolute atomic E-state index is 13.2. The van der Waals surface area contributed by atoms with Crippen LogP contribution in [0.15, 0.2) is 48.5 Å². The van der Waals surface area contributed by atoms with E-state index in [9.17, 15) is 9.59 Å². The van der Waals surface area contributed by atoms with Gasteiger partial charge in [-0.15, -0.1) is 0 Å². The lowest BCUT2D eigenvalue weighted by molar-refractivity contribution is -0.140. The number of hydrogen-bond donors (Lipinski definition) is 2. The maximum atomic E-state index is 13.2. The molecule has 0 atom stereocenters. The fourth-order valence-electron chi connectivity index (χ4n) is 6.17. The van der Waals surface area contributed by atoms with E-state index in [1.54, 1.807) is 24.3 Å². The first-order valence-electron chi connectivity index (χ1n) is 10.5. The largest absolute Gasteiger partial charge is 0.326 e. The van der Waals surface area contributed by atoms with Crippen LogP contribution in [0.3, 0.4) is 0 Å². The third kappa shape index (κ3) is 3.55. The molecule has 29 heavy (non-hydrogen) atoms. The molecule has 4 saturated carbocycles. The van der Waals surface area contributed by atoms with Gasteiger partial charge >= 0.3 is 0 Å². The summed E-state index contributed by atoms with van der Waals surface area (Å²) >= 11 is 6.12. The van der Waals surface area contributed by atoms with E-state index in [-0.39, 0.29) is 17.2 Å². The van der Waals surface area contributed by atoms with E-state index in [2.05, 4.69) is 10.6 Å². The molecule has 0 spiro atoms. The average Bonchev–Trinajstić information content (AvgIpc) is 2.67. The van der Waals surface area contributed by atoms with Crippen molar-refractivity contribution in [2.24, 2.45) is 23.2 Å². The molecule has 0 aliphatic heterocycles. The molecule has 5 heteroatoms. The van der Waals surface area contributed by atoms with Crippen molar-refractivity contribution in [2.75, 3.05) is 10.6 Å². The van der Waals surface area contributed by atoms with Crippen LogP contribution in [0.5, 0.6) is 0 Å². The molecule has 0 aromatic heterocycles. The zero-order valence-electron chi connectivity index (χ0n) is 16.3. The average molecular weight is 409 g/mol. The monoisotopic (exact) mass is 408 g/mol. The quantitative estimate of drug-likeness (QED) is 0.676. The zero-order valence-corrected chi connectivity index (χ0v) is 17.0. The first kappa shape index (κ1) is 18.7. The predicted molar refractivity (Wildman–Crippen MR) is 115 cm³/mol. The molecule has 4 aliphatic rings. The smallest absolute Gasteiger partial charge is 0.257 e. The lowest BCUT2D eigenvalue weighted by atomic mass is 9.49. The van der Waals surface area contributed by atoms with Crippen LogP contribution in [0.1, 0.15) is 48.9 Å². The summed E-state index contributed by atoms with van der Waals surface area (Å²) in [6, 6.07) is 14.3. The van der Waals surface area contributed by atoms with Gasteiger partial charge < -0.3 is 10.6 Å². The Balaban J connectivity index is 1.30. The van der Waals surface area contributed by atoms with E-state index < -0.39 is 0 Å². The molecule has 4 fully saturated rings. The van der Waals surface area contributed by atoms with Crippen molar-refractivity contribution in [1.29, 1.82) is 0 Å². The molecule has 6 rings (SSSR count). The van der Waals surface area contributed by atoms with Gasteiger partial charge in [0, 0.05) is 11.4 Å². The second kappa shape index (κ2) is 7.17. The number of hydrogen-bond acceptors (Lipinski definition) is 2. The summed E-state index contributed by atoms with van der Waals surface area (Å²) in [6.45, 7) is 0. The first-order chi connectivity index (χ1) is 14.0. The molecule has 4 bridgehead atoms. The number of halogens is 1. The lowest BCUT2D eigenvalue weighted by Gasteiger charge is -2.55. The van der Waals surface area contributed by atoms with Gasteiger partial charge in [-0.05, 0) is 86.6 Å². The number of nitrogens with one attached hydrogen (secondary N) is 2. The molecule has 2 aromatic rings. The predicted octanol–water partition coefficient (Wildman–Crippen LogP) is 5.75. The Labute approximate surface area is 176 Å². The Bertz CT molecular complexity index is 936. The Morgan fingerprint density at radius 2 is 1.41 bits per heavy atom. The first-order valence-corrected chi connectivity index (χ1v) is 10.9. The lowest BCUT2D eigenvalue weighted by Crippen LogP contribution is -2.51. The van der Waals surface area contributed by atoms with Crippen molar-refractivity contribution in [3.8, 4) is 0 Å². The normalized spacial score (nSPS) is 29.5. The van der Waals surface area contributed by atoms with Crippen LogP contribution in [0.25, 0.3) is 0 Å². The molecule has 2 N–H and O–H groups in total. The summed E-state index contributed by atoms with van der Waals surface area (Å²) in [6.07, 6.45) is 7.05. The van der Waals surface area contributed by atoms with Gasteiger partial charge in [-0.1, -0.05) is 29.8 Å². The zero-order chi connectivity index (χ0) is 20.0. The van der Waals surface area contributed by atoms with E-state index >= 15 is 0 Å². The van der Waals surface area contributed by atoms with Gasteiger partial charge in [-0.3, -0.25) is 9.59 Å². The van der Waals surface area contributed by atoms with Crippen LogP contribution in [-0.2, 0) is 4.79 Å². The number of anilines is 2. The van der Waals surface area contributed by atoms with Gasteiger partial charge in [0.15, 0.2) is 0 Å². The third-order valence-electron chi connectivity index (χ3n) is 7.02. The molecule has 4 nitrogen and oxygen atoms in total. The number of carbonyl (C=O) groups excluding carboxylic acids is 2. The van der Waals surface area contributed by atoms with Gasteiger partial charge in [0.25, 0.3) is 5.91 Å². The molecule has 0 radical (unpaired) electrons. The number of rotatable bonds is 4. The highest BCUT2D eigenvalue weighted by Gasteiger charge is 2.54. The maximum Gasteiger partial charge on any atom is 0.257 e. The van der Waals surface area contributed by atoms with Gasteiger partial charge in [0.1, 0.15) is 0 Å². The van der Waals surface area contributed by atoms with Crippen LogP contribution in [0, 0.1) is 23.2 Å². The van der Waals surface area contributed by atoms with Gasteiger partial charge in [0.2, 0.25) is 5.91 Å². The summed E-state index contributed by atoms with van der Waals surface area (Å²) in [5.74, 6) is 2.08. The fraction of sp³-hybridized carbons (Fsp3) is 0.417. The Kier molecular flexibility index (Phi) is 4.62. The second-order valence-electron chi connectivity index (χ2n) is 9.17. The van der Waals surface area contributed by atoms with Crippen LogP contribution >= 0.6 is 11.6 Å². The molecule has 2 aromatic carbocycles. The molecule has 0 unspecified atom stereocenters. The molecular weight excluding hydrogens is 384 g/mol. The SMILES string of the molecule is O=C(Nc1cccc(NC(=O)C23CC4CC(CC(C4)C2)C3)c1)c1ccccc1Cl. The number of carbonyl (C=O) groups is 2. The minimum Gasteiger partial charge on any atom is -0.326 e. The highest BCUT2D eigenvalue weighted by Crippen LogP contribution is 2.60. The molecular formula is C24H25ClN2O2. The van der Waals surface area contributed by atoms with Crippen molar-refractivity contribution in [1.82, 2.24) is 0 Å². The standard InChI is InChI=1S/C24H25ClN2O2/c25-21-7-2-1-6-20(21)22(28)26-18-4-3-5-19(11-18)27-23(29)24-12-15-8-16(13-24)10-17(9-15)14-24/h1-7,11,15-17H,8-10,12-14H2,(H,26,28)(H,27,29). The Morgan fingerprint density at radius 3 is 2.03 bits per heavy atom. The van der Waals surface area contributed by atoms with Crippen molar-refractivity contribution in [3.05, 3.63) is 59.1 Å². The number of amides is 2. The van der Waals surface area contributed by atoms with Crippen LogP contribution in [0.4, 0.5) is 11.4 Å².